The lowest BCUT2D eigenvalue weighted by molar-refractivity contribution is -0.122. The van der Waals surface area contributed by atoms with Crippen LogP contribution in [0.1, 0.15) is 42.6 Å². The maximum Gasteiger partial charge on any atom is 0.335 e. The summed E-state index contributed by atoms with van der Waals surface area (Å²) in [6.45, 7) is 5.17. The maximum atomic E-state index is 12.9. The van der Waals surface area contributed by atoms with Crippen LogP contribution in [0.3, 0.4) is 0 Å². The zero-order valence-electron chi connectivity index (χ0n) is 17.3. The number of nitrogens with zero attached hydrogens (tertiary/aromatic N) is 2. The van der Waals surface area contributed by atoms with Crippen LogP contribution in [0.2, 0.25) is 0 Å². The van der Waals surface area contributed by atoms with Crippen molar-refractivity contribution in [3.8, 4) is 5.75 Å². The maximum absolute atomic E-state index is 12.9. The van der Waals surface area contributed by atoms with E-state index in [1.54, 1.807) is 17.0 Å². The van der Waals surface area contributed by atoms with Crippen LogP contribution in [0, 0.1) is 0 Å². The van der Waals surface area contributed by atoms with Crippen LogP contribution in [-0.4, -0.2) is 40.2 Å². The van der Waals surface area contributed by atoms with E-state index in [1.807, 2.05) is 31.2 Å². The number of rotatable bonds is 8. The molecule has 6 nitrogen and oxygen atoms in total. The Morgan fingerprint density at radius 1 is 1.23 bits per heavy atom. The molecule has 1 saturated heterocycles. The highest BCUT2D eigenvalue weighted by molar-refractivity contribution is 9.10. The van der Waals surface area contributed by atoms with Crippen LogP contribution in [0.15, 0.2) is 56.8 Å². The standard InChI is InChI=1S/C23H23BrN2O4S/c1-3-5-12-30-19-11-6-15(13-18(19)24)14-20-21(27)26(4-2)23(31-20)25-17-9-7-16(8-10-17)22(28)29/h6-11,13-14H,3-5,12H2,1-2H3,(H,28,29)/b20-14+,25-23?. The van der Waals surface area contributed by atoms with E-state index in [0.29, 0.717) is 28.9 Å². The van der Waals surface area contributed by atoms with Crippen molar-refractivity contribution < 1.29 is 19.4 Å². The number of hydrogen-bond donors (Lipinski definition) is 1. The van der Waals surface area contributed by atoms with Crippen molar-refractivity contribution in [2.24, 2.45) is 4.99 Å². The fourth-order valence-electron chi connectivity index (χ4n) is 2.86. The van der Waals surface area contributed by atoms with E-state index in [1.165, 1.54) is 23.9 Å². The van der Waals surface area contributed by atoms with Crippen LogP contribution in [0.5, 0.6) is 5.75 Å². The summed E-state index contributed by atoms with van der Waals surface area (Å²) in [5.74, 6) is -0.311. The normalized spacial score (nSPS) is 16.4. The van der Waals surface area contributed by atoms with Crippen LogP contribution in [-0.2, 0) is 4.79 Å². The van der Waals surface area contributed by atoms with Gasteiger partial charge in [0.1, 0.15) is 5.75 Å². The minimum Gasteiger partial charge on any atom is -0.492 e. The summed E-state index contributed by atoms with van der Waals surface area (Å²) in [6, 6.07) is 12.0. The monoisotopic (exact) mass is 502 g/mol. The average Bonchev–Trinajstić information content (AvgIpc) is 3.04. The van der Waals surface area contributed by atoms with Gasteiger partial charge in [0.05, 0.1) is 27.2 Å². The third-order valence-electron chi connectivity index (χ3n) is 4.55. The number of ether oxygens (including phenoxy) is 1. The number of aliphatic imine (C=N–C) groups is 1. The molecular weight excluding hydrogens is 480 g/mol. The van der Waals surface area contributed by atoms with Gasteiger partial charge in [-0.05, 0) is 89.1 Å². The molecule has 2 aromatic rings. The Bertz CT molecular complexity index is 1030. The summed E-state index contributed by atoms with van der Waals surface area (Å²) in [4.78, 5) is 30.6. The molecule has 0 unspecified atom stereocenters. The number of unbranched alkanes of at least 4 members (excludes halogenated alkanes) is 1. The van der Waals surface area contributed by atoms with E-state index in [2.05, 4.69) is 27.8 Å². The van der Waals surface area contributed by atoms with E-state index < -0.39 is 5.97 Å². The molecule has 8 heteroatoms. The molecule has 0 aromatic heterocycles. The summed E-state index contributed by atoms with van der Waals surface area (Å²) in [5, 5.41) is 9.60. The molecule has 0 saturated carbocycles. The average molecular weight is 503 g/mol. The third-order valence-corrected chi connectivity index (χ3v) is 6.18. The molecule has 31 heavy (non-hydrogen) atoms. The number of amidine groups is 1. The van der Waals surface area contributed by atoms with Crippen molar-refractivity contribution >= 4 is 56.5 Å². The van der Waals surface area contributed by atoms with Gasteiger partial charge in [-0.2, -0.15) is 0 Å². The summed E-state index contributed by atoms with van der Waals surface area (Å²) in [5.41, 5.74) is 1.67. The number of carbonyl (C=O) groups excluding carboxylic acids is 1. The van der Waals surface area contributed by atoms with E-state index in [-0.39, 0.29) is 11.5 Å². The van der Waals surface area contributed by atoms with Crippen molar-refractivity contribution in [1.82, 2.24) is 4.90 Å². The first-order chi connectivity index (χ1) is 14.9. The van der Waals surface area contributed by atoms with Crippen molar-refractivity contribution in [3.63, 3.8) is 0 Å². The molecule has 162 valence electrons. The van der Waals surface area contributed by atoms with Gasteiger partial charge >= 0.3 is 5.97 Å². The van der Waals surface area contributed by atoms with Crippen molar-refractivity contribution in [3.05, 3.63) is 63.0 Å². The lowest BCUT2D eigenvalue weighted by Gasteiger charge is -2.12. The summed E-state index contributed by atoms with van der Waals surface area (Å²) < 4.78 is 6.60. The second-order valence-electron chi connectivity index (χ2n) is 6.80. The van der Waals surface area contributed by atoms with Gasteiger partial charge in [0.25, 0.3) is 5.91 Å². The Balaban J connectivity index is 1.81. The van der Waals surface area contributed by atoms with Crippen molar-refractivity contribution in [1.29, 1.82) is 0 Å². The fourth-order valence-corrected chi connectivity index (χ4v) is 4.43. The number of aromatic carboxylic acids is 1. The molecular formula is C23H23BrN2O4S. The smallest absolute Gasteiger partial charge is 0.335 e. The number of benzene rings is 2. The molecule has 0 bridgehead atoms. The first-order valence-electron chi connectivity index (χ1n) is 9.98. The number of carboxylic acid groups (broad SMARTS) is 1. The minimum absolute atomic E-state index is 0.104. The van der Waals surface area contributed by atoms with Crippen LogP contribution >= 0.6 is 27.7 Å². The number of carboxylic acids is 1. The summed E-state index contributed by atoms with van der Waals surface area (Å²) in [7, 11) is 0. The van der Waals surface area contributed by atoms with Gasteiger partial charge < -0.3 is 9.84 Å². The van der Waals surface area contributed by atoms with E-state index >= 15 is 0 Å². The van der Waals surface area contributed by atoms with Crippen LogP contribution in [0.25, 0.3) is 6.08 Å². The quantitative estimate of drug-likeness (QED) is 0.356. The highest BCUT2D eigenvalue weighted by Gasteiger charge is 2.32. The van der Waals surface area contributed by atoms with E-state index in [4.69, 9.17) is 9.84 Å². The lowest BCUT2D eigenvalue weighted by Crippen LogP contribution is -2.28. The molecule has 1 heterocycles. The van der Waals surface area contributed by atoms with Gasteiger partial charge in [0.2, 0.25) is 0 Å². The van der Waals surface area contributed by atoms with Gasteiger partial charge in [0, 0.05) is 6.54 Å². The largest absolute Gasteiger partial charge is 0.492 e. The number of carbonyl (C=O) groups is 2. The Morgan fingerprint density at radius 2 is 1.97 bits per heavy atom. The summed E-state index contributed by atoms with van der Waals surface area (Å²) >= 11 is 4.84. The molecule has 0 spiro atoms. The number of hydrogen-bond acceptors (Lipinski definition) is 5. The molecule has 1 aliphatic rings. The van der Waals surface area contributed by atoms with Crippen molar-refractivity contribution in [2.75, 3.05) is 13.2 Å². The number of thioether (sulfide) groups is 1. The SMILES string of the molecule is CCCCOc1ccc(/C=C2/SC(=Nc3ccc(C(=O)O)cc3)N(CC)C2=O)cc1Br. The highest BCUT2D eigenvalue weighted by Crippen LogP contribution is 2.35. The number of likely N-dealkylation sites (N-methyl/N-ethyl adjacent to an activating group) is 1. The van der Waals surface area contributed by atoms with Crippen molar-refractivity contribution in [2.45, 2.75) is 26.7 Å². The number of amides is 1. The zero-order chi connectivity index (χ0) is 22.4. The first-order valence-corrected chi connectivity index (χ1v) is 11.6. The minimum atomic E-state index is -0.988. The molecule has 3 rings (SSSR count). The van der Waals surface area contributed by atoms with E-state index in [0.717, 1.165) is 28.6 Å². The molecule has 1 amide bonds. The molecule has 2 aromatic carbocycles. The highest BCUT2D eigenvalue weighted by atomic mass is 79.9. The predicted molar refractivity (Wildman–Crippen MR) is 128 cm³/mol. The second-order valence-corrected chi connectivity index (χ2v) is 8.66. The van der Waals surface area contributed by atoms with Gasteiger partial charge in [0.15, 0.2) is 5.17 Å². The van der Waals surface area contributed by atoms with Crippen LogP contribution in [0.4, 0.5) is 5.69 Å². The topological polar surface area (TPSA) is 79.2 Å². The first kappa shape index (κ1) is 23.1. The summed E-state index contributed by atoms with van der Waals surface area (Å²) in [6.07, 6.45) is 3.91. The molecule has 0 atom stereocenters. The lowest BCUT2D eigenvalue weighted by atomic mass is 10.2. The van der Waals surface area contributed by atoms with Gasteiger partial charge in [-0.3, -0.25) is 9.69 Å². The Hall–Kier alpha value is -2.58. The number of halogens is 1. The molecule has 0 aliphatic carbocycles. The van der Waals surface area contributed by atoms with Gasteiger partial charge in [-0.1, -0.05) is 19.4 Å². The fraction of sp³-hybridized carbons (Fsp3) is 0.261. The van der Waals surface area contributed by atoms with Gasteiger partial charge in [-0.25, -0.2) is 9.79 Å². The molecule has 1 aliphatic heterocycles. The Kier molecular flexibility index (Phi) is 7.92. The molecule has 0 radical (unpaired) electrons. The Morgan fingerprint density at radius 3 is 2.58 bits per heavy atom. The predicted octanol–water partition coefficient (Wildman–Crippen LogP) is 5.95. The van der Waals surface area contributed by atoms with Gasteiger partial charge in [-0.15, -0.1) is 0 Å². The second kappa shape index (κ2) is 10.6. The molecule has 1 fully saturated rings. The Labute approximate surface area is 194 Å². The van der Waals surface area contributed by atoms with Crippen LogP contribution < -0.4 is 4.74 Å². The molecule has 1 N–H and O–H groups in total. The third kappa shape index (κ3) is 5.77. The zero-order valence-corrected chi connectivity index (χ0v) is 19.7. The van der Waals surface area contributed by atoms with E-state index in [9.17, 15) is 9.59 Å².